The van der Waals surface area contributed by atoms with E-state index in [0.29, 0.717) is 18.7 Å². The molecule has 3 amide bonds. The van der Waals surface area contributed by atoms with E-state index in [9.17, 15) is 9.59 Å². The van der Waals surface area contributed by atoms with E-state index in [0.717, 1.165) is 37.9 Å². The number of urea groups is 1. The zero-order chi connectivity index (χ0) is 19.8. The summed E-state index contributed by atoms with van der Waals surface area (Å²) in [6.07, 6.45) is 7.00. The van der Waals surface area contributed by atoms with Crippen LogP contribution in [0.15, 0.2) is 24.3 Å². The Labute approximate surface area is 168 Å². The van der Waals surface area contributed by atoms with Crippen LogP contribution >= 0.6 is 0 Å². The van der Waals surface area contributed by atoms with Gasteiger partial charge in [-0.15, -0.1) is 0 Å². The SMILES string of the molecule is CNC(=O)N1CCCC(c2cccc(C(=O)NCCCN3CCCCC3)c2)C1. The van der Waals surface area contributed by atoms with Gasteiger partial charge in [-0.05, 0) is 69.4 Å². The maximum atomic E-state index is 12.6. The number of carbonyl (C=O) groups excluding carboxylic acids is 2. The zero-order valence-corrected chi connectivity index (χ0v) is 17.1. The standard InChI is InChI=1S/C22H34N4O2/c1-23-22(28)26-15-6-10-20(17-26)18-8-5-9-19(16-18)21(27)24-11-7-14-25-12-3-2-4-13-25/h5,8-9,16,20H,2-4,6-7,10-15,17H2,1H3,(H,23,28)(H,24,27). The number of nitrogens with one attached hydrogen (secondary N) is 2. The lowest BCUT2D eigenvalue weighted by Crippen LogP contribution is -2.43. The van der Waals surface area contributed by atoms with E-state index in [1.807, 2.05) is 23.1 Å². The second-order valence-corrected chi connectivity index (χ2v) is 7.98. The monoisotopic (exact) mass is 386 g/mol. The molecule has 2 fully saturated rings. The largest absolute Gasteiger partial charge is 0.352 e. The van der Waals surface area contributed by atoms with Crippen molar-refractivity contribution in [1.29, 1.82) is 0 Å². The van der Waals surface area contributed by atoms with Crippen LogP contribution in [0.1, 0.15) is 60.4 Å². The van der Waals surface area contributed by atoms with E-state index >= 15 is 0 Å². The molecule has 2 saturated heterocycles. The molecule has 3 rings (SSSR count). The van der Waals surface area contributed by atoms with Crippen LogP contribution in [-0.2, 0) is 0 Å². The van der Waals surface area contributed by atoms with Gasteiger partial charge in [0.25, 0.3) is 5.91 Å². The van der Waals surface area contributed by atoms with Crippen LogP contribution in [0.2, 0.25) is 0 Å². The van der Waals surface area contributed by atoms with E-state index in [-0.39, 0.29) is 17.9 Å². The molecule has 0 aromatic heterocycles. The van der Waals surface area contributed by atoms with Crippen LogP contribution in [0.5, 0.6) is 0 Å². The van der Waals surface area contributed by atoms with Crippen LogP contribution < -0.4 is 10.6 Å². The van der Waals surface area contributed by atoms with Crippen molar-refractivity contribution in [2.45, 2.75) is 44.4 Å². The first-order valence-corrected chi connectivity index (χ1v) is 10.7. The minimum absolute atomic E-state index is 0.000499. The van der Waals surface area contributed by atoms with E-state index in [1.54, 1.807) is 7.05 Å². The second kappa shape index (κ2) is 10.5. The lowest BCUT2D eigenvalue weighted by atomic mass is 9.89. The molecule has 0 radical (unpaired) electrons. The fraction of sp³-hybridized carbons (Fsp3) is 0.636. The third kappa shape index (κ3) is 5.71. The van der Waals surface area contributed by atoms with Gasteiger partial charge in [-0.25, -0.2) is 4.79 Å². The smallest absolute Gasteiger partial charge is 0.317 e. The van der Waals surface area contributed by atoms with Crippen molar-refractivity contribution in [3.8, 4) is 0 Å². The maximum absolute atomic E-state index is 12.6. The summed E-state index contributed by atoms with van der Waals surface area (Å²) < 4.78 is 0. The average molecular weight is 387 g/mol. The highest BCUT2D eigenvalue weighted by Gasteiger charge is 2.24. The van der Waals surface area contributed by atoms with Gasteiger partial charge in [0.05, 0.1) is 0 Å². The molecule has 1 unspecified atom stereocenters. The Kier molecular flexibility index (Phi) is 7.71. The summed E-state index contributed by atoms with van der Waals surface area (Å²) >= 11 is 0. The number of nitrogens with zero attached hydrogens (tertiary/aromatic N) is 2. The van der Waals surface area contributed by atoms with Gasteiger partial charge in [0.15, 0.2) is 0 Å². The van der Waals surface area contributed by atoms with Gasteiger partial charge in [0.1, 0.15) is 0 Å². The number of piperidine rings is 2. The van der Waals surface area contributed by atoms with Gasteiger partial charge >= 0.3 is 6.03 Å². The van der Waals surface area contributed by atoms with Crippen LogP contribution in [0.25, 0.3) is 0 Å². The molecule has 0 bridgehead atoms. The lowest BCUT2D eigenvalue weighted by Gasteiger charge is -2.32. The van der Waals surface area contributed by atoms with E-state index in [2.05, 4.69) is 21.6 Å². The third-order valence-electron chi connectivity index (χ3n) is 5.93. The quantitative estimate of drug-likeness (QED) is 0.739. The number of rotatable bonds is 6. The molecule has 1 aromatic rings. The molecular formula is C22H34N4O2. The van der Waals surface area contributed by atoms with Crippen molar-refractivity contribution < 1.29 is 9.59 Å². The van der Waals surface area contributed by atoms with Crippen LogP contribution in [0.4, 0.5) is 4.79 Å². The van der Waals surface area contributed by atoms with Crippen molar-refractivity contribution in [3.05, 3.63) is 35.4 Å². The first-order chi connectivity index (χ1) is 13.7. The predicted octanol–water partition coefficient (Wildman–Crippen LogP) is 2.81. The average Bonchev–Trinajstić information content (AvgIpc) is 2.77. The molecule has 6 nitrogen and oxygen atoms in total. The zero-order valence-electron chi connectivity index (χ0n) is 17.1. The number of amides is 3. The normalized spacial score (nSPS) is 20.6. The Hall–Kier alpha value is -2.08. The van der Waals surface area contributed by atoms with Gasteiger partial charge in [0.2, 0.25) is 0 Å². The molecule has 6 heteroatoms. The summed E-state index contributed by atoms with van der Waals surface area (Å²) in [5.41, 5.74) is 1.86. The first kappa shape index (κ1) is 20.6. The summed E-state index contributed by atoms with van der Waals surface area (Å²) in [7, 11) is 1.67. The van der Waals surface area contributed by atoms with E-state index < -0.39 is 0 Å². The number of hydrogen-bond acceptors (Lipinski definition) is 3. The minimum atomic E-state index is -0.0210. The summed E-state index contributed by atoms with van der Waals surface area (Å²) in [5.74, 6) is 0.289. The Morgan fingerprint density at radius 1 is 1.11 bits per heavy atom. The van der Waals surface area contributed by atoms with Crippen LogP contribution in [0, 0.1) is 0 Å². The van der Waals surface area contributed by atoms with Gasteiger partial charge in [0, 0.05) is 38.2 Å². The Bertz CT molecular complexity index is 658. The molecule has 2 N–H and O–H groups in total. The highest BCUT2D eigenvalue weighted by Crippen LogP contribution is 2.27. The number of benzene rings is 1. The van der Waals surface area contributed by atoms with Gasteiger partial charge in [-0.2, -0.15) is 0 Å². The molecule has 0 aliphatic carbocycles. The predicted molar refractivity (Wildman–Crippen MR) is 112 cm³/mol. The topological polar surface area (TPSA) is 64.7 Å². The highest BCUT2D eigenvalue weighted by molar-refractivity contribution is 5.94. The van der Waals surface area contributed by atoms with Gasteiger partial charge in [-0.1, -0.05) is 18.6 Å². The first-order valence-electron chi connectivity index (χ1n) is 10.7. The summed E-state index contributed by atoms with van der Waals surface area (Å²) in [5, 5.41) is 5.77. The van der Waals surface area contributed by atoms with Gasteiger partial charge in [-0.3, -0.25) is 4.79 Å². The van der Waals surface area contributed by atoms with Gasteiger partial charge < -0.3 is 20.4 Å². The maximum Gasteiger partial charge on any atom is 0.317 e. The van der Waals surface area contributed by atoms with Crippen molar-refractivity contribution in [2.75, 3.05) is 46.3 Å². The second-order valence-electron chi connectivity index (χ2n) is 7.98. The molecule has 2 aliphatic rings. The van der Waals surface area contributed by atoms with Crippen LogP contribution in [0.3, 0.4) is 0 Å². The molecule has 1 atom stereocenters. The molecule has 2 aliphatic heterocycles. The molecular weight excluding hydrogens is 352 g/mol. The fourth-order valence-electron chi connectivity index (χ4n) is 4.32. The molecule has 2 heterocycles. The van der Waals surface area contributed by atoms with Crippen molar-refractivity contribution in [1.82, 2.24) is 20.4 Å². The Balaban J connectivity index is 1.49. The Morgan fingerprint density at radius 2 is 1.93 bits per heavy atom. The minimum Gasteiger partial charge on any atom is -0.352 e. The van der Waals surface area contributed by atoms with Crippen molar-refractivity contribution in [2.24, 2.45) is 0 Å². The number of carbonyl (C=O) groups is 2. The van der Waals surface area contributed by atoms with E-state index in [1.165, 1.54) is 32.4 Å². The molecule has 0 spiro atoms. The number of hydrogen-bond donors (Lipinski definition) is 2. The molecule has 28 heavy (non-hydrogen) atoms. The summed E-state index contributed by atoms with van der Waals surface area (Å²) in [6.45, 7) is 5.69. The Morgan fingerprint density at radius 3 is 2.71 bits per heavy atom. The molecule has 1 aromatic carbocycles. The summed E-state index contributed by atoms with van der Waals surface area (Å²) in [4.78, 5) is 28.8. The van der Waals surface area contributed by atoms with E-state index in [4.69, 9.17) is 0 Å². The summed E-state index contributed by atoms with van der Waals surface area (Å²) in [6, 6.07) is 7.88. The van der Waals surface area contributed by atoms with Crippen molar-refractivity contribution >= 4 is 11.9 Å². The van der Waals surface area contributed by atoms with Crippen molar-refractivity contribution in [3.63, 3.8) is 0 Å². The fourth-order valence-corrected chi connectivity index (χ4v) is 4.32. The van der Waals surface area contributed by atoms with Crippen LogP contribution in [-0.4, -0.2) is 68.1 Å². The number of likely N-dealkylation sites (tertiary alicyclic amines) is 2. The lowest BCUT2D eigenvalue weighted by molar-refractivity contribution is 0.0950. The third-order valence-corrected chi connectivity index (χ3v) is 5.93. The highest BCUT2D eigenvalue weighted by atomic mass is 16.2. The molecule has 154 valence electrons. The molecule has 0 saturated carbocycles.